The molecule has 0 unspecified atom stereocenters. The molecule has 0 aliphatic carbocycles. The first-order chi connectivity index (χ1) is 12.3. The highest BCUT2D eigenvalue weighted by molar-refractivity contribution is 7.98. The number of thioether (sulfide) groups is 1. The number of esters is 1. The lowest BCUT2D eigenvalue weighted by Crippen LogP contribution is -2.05. The van der Waals surface area contributed by atoms with Gasteiger partial charge in [-0.25, -0.2) is 0 Å². The molecule has 0 saturated carbocycles. The van der Waals surface area contributed by atoms with Gasteiger partial charge in [-0.1, -0.05) is 12.1 Å². The molecule has 0 aliphatic heterocycles. The Morgan fingerprint density at radius 2 is 1.85 bits per heavy atom. The van der Waals surface area contributed by atoms with Crippen LogP contribution in [0.15, 0.2) is 41.3 Å². The van der Waals surface area contributed by atoms with Gasteiger partial charge in [0, 0.05) is 23.8 Å². The number of halogens is 3. The minimum absolute atomic E-state index is 0.240. The van der Waals surface area contributed by atoms with Crippen molar-refractivity contribution in [3.8, 4) is 16.9 Å². The lowest BCUT2D eigenvalue weighted by Gasteiger charge is -2.16. The smallest absolute Gasteiger partial charge is 0.416 e. The molecule has 0 amide bonds. The lowest BCUT2D eigenvalue weighted by atomic mass is 9.99. The van der Waals surface area contributed by atoms with E-state index >= 15 is 0 Å². The fraction of sp³-hybridized carbons (Fsp3) is 0.316. The van der Waals surface area contributed by atoms with E-state index in [9.17, 15) is 18.0 Å². The van der Waals surface area contributed by atoms with Crippen molar-refractivity contribution in [3.05, 3.63) is 47.5 Å². The fourth-order valence-electron chi connectivity index (χ4n) is 2.52. The van der Waals surface area contributed by atoms with Crippen LogP contribution in [0.4, 0.5) is 13.2 Å². The highest BCUT2D eigenvalue weighted by atomic mass is 32.2. The van der Waals surface area contributed by atoms with Crippen LogP contribution >= 0.6 is 11.8 Å². The van der Waals surface area contributed by atoms with Gasteiger partial charge in [0.25, 0.3) is 0 Å². The molecular formula is C19H19F3O3S. The van der Waals surface area contributed by atoms with Crippen LogP contribution in [0.25, 0.3) is 11.1 Å². The number of ether oxygens (including phenoxy) is 2. The van der Waals surface area contributed by atoms with Crippen molar-refractivity contribution in [1.82, 2.24) is 0 Å². The Balaban J connectivity index is 2.43. The van der Waals surface area contributed by atoms with Crippen LogP contribution in [-0.4, -0.2) is 25.9 Å². The second kappa shape index (κ2) is 8.49. The van der Waals surface area contributed by atoms with Gasteiger partial charge in [-0.15, -0.1) is 11.8 Å². The Morgan fingerprint density at radius 1 is 1.12 bits per heavy atom. The quantitative estimate of drug-likeness (QED) is 0.506. The van der Waals surface area contributed by atoms with Crippen molar-refractivity contribution in [1.29, 1.82) is 0 Å². The molecule has 0 aliphatic rings. The topological polar surface area (TPSA) is 35.5 Å². The first-order valence-electron chi connectivity index (χ1n) is 7.82. The highest BCUT2D eigenvalue weighted by Gasteiger charge is 2.31. The Morgan fingerprint density at radius 3 is 2.42 bits per heavy atom. The number of alkyl halides is 3. The molecule has 2 aromatic rings. The summed E-state index contributed by atoms with van der Waals surface area (Å²) in [6.45, 7) is 1.58. The van der Waals surface area contributed by atoms with Crippen LogP contribution in [0, 0.1) is 0 Å². The van der Waals surface area contributed by atoms with Crippen LogP contribution < -0.4 is 4.74 Å². The van der Waals surface area contributed by atoms with Crippen molar-refractivity contribution in [2.45, 2.75) is 24.4 Å². The molecule has 3 nitrogen and oxygen atoms in total. The molecular weight excluding hydrogens is 365 g/mol. The Labute approximate surface area is 154 Å². The Kier molecular flexibility index (Phi) is 6.58. The number of carbonyl (C=O) groups excluding carboxylic acids is 1. The van der Waals surface area contributed by atoms with Crippen LogP contribution in [-0.2, 0) is 22.1 Å². The van der Waals surface area contributed by atoms with Gasteiger partial charge in [0.15, 0.2) is 0 Å². The van der Waals surface area contributed by atoms with Gasteiger partial charge in [-0.2, -0.15) is 13.2 Å². The maximum absolute atomic E-state index is 13.0. The standard InChI is InChI=1S/C19H19F3O3S/c1-12(23)25-9-8-13-4-7-17(24-2)16(10-13)15-6-5-14(19(20,21)22)11-18(15)26-3/h4-7,10-11H,8-9H2,1-3H3. The van der Waals surface area contributed by atoms with Crippen LogP contribution in [0.1, 0.15) is 18.1 Å². The minimum atomic E-state index is -4.39. The maximum Gasteiger partial charge on any atom is 0.416 e. The third kappa shape index (κ3) is 4.94. The largest absolute Gasteiger partial charge is 0.496 e. The zero-order chi connectivity index (χ0) is 19.3. The molecule has 0 heterocycles. The van der Waals surface area contributed by atoms with Gasteiger partial charge in [0.05, 0.1) is 19.3 Å². The molecule has 0 spiro atoms. The van der Waals surface area contributed by atoms with Crippen molar-refractivity contribution in [2.75, 3.05) is 20.0 Å². The van der Waals surface area contributed by atoms with E-state index in [0.29, 0.717) is 28.2 Å². The van der Waals surface area contributed by atoms with E-state index < -0.39 is 11.7 Å². The summed E-state index contributed by atoms with van der Waals surface area (Å²) < 4.78 is 49.3. The van der Waals surface area contributed by atoms with Crippen molar-refractivity contribution >= 4 is 17.7 Å². The normalized spacial score (nSPS) is 11.3. The van der Waals surface area contributed by atoms with Crippen LogP contribution in [0.2, 0.25) is 0 Å². The highest BCUT2D eigenvalue weighted by Crippen LogP contribution is 2.40. The van der Waals surface area contributed by atoms with Gasteiger partial charge < -0.3 is 9.47 Å². The van der Waals surface area contributed by atoms with Crippen molar-refractivity contribution in [2.24, 2.45) is 0 Å². The molecule has 0 radical (unpaired) electrons. The average molecular weight is 384 g/mol. The summed E-state index contributed by atoms with van der Waals surface area (Å²) in [4.78, 5) is 11.4. The third-order valence-electron chi connectivity index (χ3n) is 3.78. The Hall–Kier alpha value is -2.15. The second-order valence-electron chi connectivity index (χ2n) is 5.54. The molecule has 0 N–H and O–H groups in total. The number of rotatable bonds is 6. The molecule has 0 aromatic heterocycles. The monoisotopic (exact) mass is 384 g/mol. The molecule has 0 bridgehead atoms. The summed E-state index contributed by atoms with van der Waals surface area (Å²) in [6, 6.07) is 9.13. The van der Waals surface area contributed by atoms with E-state index in [2.05, 4.69) is 0 Å². The third-order valence-corrected chi connectivity index (χ3v) is 4.56. The summed E-state index contributed by atoms with van der Waals surface area (Å²) in [5.74, 6) is 0.211. The number of hydrogen-bond donors (Lipinski definition) is 0. The van der Waals surface area contributed by atoms with E-state index in [1.165, 1.54) is 31.9 Å². The number of methoxy groups -OCH3 is 1. The van der Waals surface area contributed by atoms with Gasteiger partial charge in [0.2, 0.25) is 0 Å². The zero-order valence-corrected chi connectivity index (χ0v) is 15.5. The van der Waals surface area contributed by atoms with E-state index in [-0.39, 0.29) is 12.6 Å². The summed E-state index contributed by atoms with van der Waals surface area (Å²) in [5, 5.41) is 0. The van der Waals surface area contributed by atoms with E-state index in [0.717, 1.165) is 17.7 Å². The minimum Gasteiger partial charge on any atom is -0.496 e. The average Bonchev–Trinajstić information content (AvgIpc) is 2.60. The predicted octanol–water partition coefficient (Wildman–Crippen LogP) is 5.21. The maximum atomic E-state index is 13.0. The van der Waals surface area contributed by atoms with Gasteiger partial charge >= 0.3 is 12.1 Å². The van der Waals surface area contributed by atoms with Gasteiger partial charge in [-0.05, 0) is 41.6 Å². The number of benzene rings is 2. The van der Waals surface area contributed by atoms with E-state index in [4.69, 9.17) is 9.47 Å². The number of carbonyl (C=O) groups is 1. The summed E-state index contributed by atoms with van der Waals surface area (Å²) in [7, 11) is 1.51. The van der Waals surface area contributed by atoms with Gasteiger partial charge in [-0.3, -0.25) is 4.79 Å². The first kappa shape index (κ1) is 20.2. The second-order valence-corrected chi connectivity index (χ2v) is 6.39. The molecule has 2 rings (SSSR count). The molecule has 26 heavy (non-hydrogen) atoms. The molecule has 7 heteroatoms. The SMILES string of the molecule is COc1ccc(CCOC(C)=O)cc1-c1ccc(C(F)(F)F)cc1SC. The Bertz CT molecular complexity index is 788. The molecule has 0 saturated heterocycles. The van der Waals surface area contributed by atoms with Crippen LogP contribution in [0.3, 0.4) is 0 Å². The van der Waals surface area contributed by atoms with Crippen molar-refractivity contribution in [3.63, 3.8) is 0 Å². The van der Waals surface area contributed by atoms with Crippen LogP contribution in [0.5, 0.6) is 5.75 Å². The van der Waals surface area contributed by atoms with Gasteiger partial charge in [0.1, 0.15) is 5.75 Å². The molecule has 2 aromatic carbocycles. The molecule has 0 fully saturated rings. The molecule has 0 atom stereocenters. The summed E-state index contributed by atoms with van der Waals surface area (Å²) in [6.07, 6.45) is -2.15. The summed E-state index contributed by atoms with van der Waals surface area (Å²) in [5.41, 5.74) is 1.58. The molecule has 140 valence electrons. The first-order valence-corrected chi connectivity index (χ1v) is 9.04. The zero-order valence-electron chi connectivity index (χ0n) is 14.6. The van der Waals surface area contributed by atoms with E-state index in [1.54, 1.807) is 12.3 Å². The predicted molar refractivity (Wildman–Crippen MR) is 95.6 cm³/mol. The van der Waals surface area contributed by atoms with Crippen molar-refractivity contribution < 1.29 is 27.4 Å². The van der Waals surface area contributed by atoms with E-state index in [1.807, 2.05) is 12.1 Å². The summed E-state index contributed by atoms with van der Waals surface area (Å²) >= 11 is 1.24. The number of hydrogen-bond acceptors (Lipinski definition) is 4. The fourth-order valence-corrected chi connectivity index (χ4v) is 3.17. The lowest BCUT2D eigenvalue weighted by molar-refractivity contribution is -0.141.